The second kappa shape index (κ2) is 6.76. The number of esters is 1. The quantitative estimate of drug-likeness (QED) is 0.848. The fourth-order valence-corrected chi connectivity index (χ4v) is 2.75. The van der Waals surface area contributed by atoms with E-state index in [0.29, 0.717) is 12.3 Å². The lowest BCUT2D eigenvalue weighted by Crippen LogP contribution is -2.34. The zero-order valence-electron chi connectivity index (χ0n) is 13.5. The molecule has 0 bridgehead atoms. The molecule has 0 amide bonds. The molecule has 23 heavy (non-hydrogen) atoms. The molecule has 0 spiro atoms. The number of nitrogens with zero attached hydrogens (tertiary/aromatic N) is 4. The van der Waals surface area contributed by atoms with Gasteiger partial charge >= 0.3 is 5.97 Å². The van der Waals surface area contributed by atoms with Gasteiger partial charge in [-0.15, -0.1) is 5.10 Å². The highest BCUT2D eigenvalue weighted by Gasteiger charge is 2.27. The van der Waals surface area contributed by atoms with Gasteiger partial charge in [-0.3, -0.25) is 5.10 Å². The maximum Gasteiger partial charge on any atom is 0.358 e. The van der Waals surface area contributed by atoms with Crippen molar-refractivity contribution in [2.24, 2.45) is 0 Å². The number of carbonyl (C=O) groups excluding carboxylic acids is 1. The minimum absolute atomic E-state index is 0.139. The van der Waals surface area contributed by atoms with Gasteiger partial charge in [0.2, 0.25) is 0 Å². The molecular formula is C16H21N5O2. The smallest absolute Gasteiger partial charge is 0.358 e. The fourth-order valence-electron chi connectivity index (χ4n) is 2.75. The van der Waals surface area contributed by atoms with E-state index in [9.17, 15) is 4.79 Å². The van der Waals surface area contributed by atoms with Gasteiger partial charge in [0.05, 0.1) is 11.7 Å². The third-order valence-corrected chi connectivity index (χ3v) is 4.08. The number of hydrogen-bond donors (Lipinski definition) is 1. The molecule has 1 unspecified atom stereocenters. The first-order valence-electron chi connectivity index (χ1n) is 7.95. The Morgan fingerprint density at radius 1 is 1.43 bits per heavy atom. The monoisotopic (exact) mass is 315 g/mol. The summed E-state index contributed by atoms with van der Waals surface area (Å²) in [6.45, 7) is 5.15. The first-order chi connectivity index (χ1) is 11.2. The Labute approximate surface area is 135 Å². The van der Waals surface area contributed by atoms with Crippen molar-refractivity contribution in [1.82, 2.24) is 20.4 Å². The molecule has 122 valence electrons. The van der Waals surface area contributed by atoms with Crippen LogP contribution in [0.2, 0.25) is 0 Å². The summed E-state index contributed by atoms with van der Waals surface area (Å²) in [6, 6.07) is 5.78. The number of H-pyrrole nitrogens is 1. The van der Waals surface area contributed by atoms with Crippen molar-refractivity contribution >= 4 is 11.8 Å². The van der Waals surface area contributed by atoms with Crippen LogP contribution >= 0.6 is 0 Å². The molecule has 3 rings (SSSR count). The molecule has 3 heterocycles. The van der Waals surface area contributed by atoms with Crippen LogP contribution in [0, 0.1) is 6.92 Å². The molecular weight excluding hydrogens is 294 g/mol. The first kappa shape index (κ1) is 15.5. The van der Waals surface area contributed by atoms with Crippen LogP contribution in [0.1, 0.15) is 41.6 Å². The molecule has 0 aliphatic carbocycles. The molecule has 1 N–H and O–H groups in total. The van der Waals surface area contributed by atoms with Gasteiger partial charge in [0.25, 0.3) is 0 Å². The van der Waals surface area contributed by atoms with E-state index >= 15 is 0 Å². The van der Waals surface area contributed by atoms with E-state index in [1.54, 1.807) is 6.07 Å². The van der Waals surface area contributed by atoms with Crippen LogP contribution in [0.5, 0.6) is 0 Å². The number of hydrogen-bond acceptors (Lipinski definition) is 6. The van der Waals surface area contributed by atoms with Crippen LogP contribution < -0.4 is 4.90 Å². The van der Waals surface area contributed by atoms with Crippen LogP contribution in [0.4, 0.5) is 5.82 Å². The van der Waals surface area contributed by atoms with Crippen LogP contribution in [0.15, 0.2) is 18.2 Å². The van der Waals surface area contributed by atoms with E-state index in [2.05, 4.69) is 25.3 Å². The normalized spacial score (nSPS) is 17.5. The third-order valence-electron chi connectivity index (χ3n) is 4.08. The Morgan fingerprint density at radius 2 is 2.30 bits per heavy atom. The Bertz CT molecular complexity index is 667. The Balaban J connectivity index is 1.60. The third kappa shape index (κ3) is 3.49. The van der Waals surface area contributed by atoms with Crippen LogP contribution in [-0.4, -0.2) is 45.6 Å². The Kier molecular flexibility index (Phi) is 4.55. The van der Waals surface area contributed by atoms with E-state index < -0.39 is 0 Å². The summed E-state index contributed by atoms with van der Waals surface area (Å²) in [5.74, 6) is 0.449. The maximum atomic E-state index is 12.1. The first-order valence-corrected chi connectivity index (χ1v) is 7.95. The standard InChI is InChI=1S/C16H21N5O2/c1-3-12-9-14(19-18-12)16(22)23-10-13-5-4-8-21(13)15-7-6-11(2)17-20-15/h6-7,9,13H,3-5,8,10H2,1-2H3,(H,18,19). The number of anilines is 1. The van der Waals surface area contributed by atoms with E-state index in [-0.39, 0.29) is 12.0 Å². The predicted octanol–water partition coefficient (Wildman–Crippen LogP) is 1.90. The van der Waals surface area contributed by atoms with Gasteiger partial charge in [-0.05, 0) is 44.4 Å². The fraction of sp³-hybridized carbons (Fsp3) is 0.500. The van der Waals surface area contributed by atoms with E-state index in [1.165, 1.54) is 0 Å². The summed E-state index contributed by atoms with van der Waals surface area (Å²) >= 11 is 0. The molecule has 0 saturated carbocycles. The van der Waals surface area contributed by atoms with Crippen molar-refractivity contribution in [2.45, 2.75) is 39.2 Å². The van der Waals surface area contributed by atoms with Gasteiger partial charge in [0, 0.05) is 12.2 Å². The summed E-state index contributed by atoms with van der Waals surface area (Å²) in [4.78, 5) is 14.2. The maximum absolute atomic E-state index is 12.1. The number of nitrogens with one attached hydrogen (secondary N) is 1. The minimum atomic E-state index is -0.386. The van der Waals surface area contributed by atoms with Gasteiger partial charge in [0.1, 0.15) is 6.61 Å². The van der Waals surface area contributed by atoms with Gasteiger partial charge < -0.3 is 9.64 Å². The highest BCUT2D eigenvalue weighted by Crippen LogP contribution is 2.23. The summed E-state index contributed by atoms with van der Waals surface area (Å²) in [5, 5.41) is 15.1. The zero-order chi connectivity index (χ0) is 16.2. The van der Waals surface area contributed by atoms with Crippen molar-refractivity contribution < 1.29 is 9.53 Å². The van der Waals surface area contributed by atoms with Crippen LogP contribution in [0.25, 0.3) is 0 Å². The van der Waals surface area contributed by atoms with Gasteiger partial charge in [-0.2, -0.15) is 10.2 Å². The summed E-state index contributed by atoms with van der Waals surface area (Å²) in [5.41, 5.74) is 2.15. The largest absolute Gasteiger partial charge is 0.459 e. The van der Waals surface area contributed by atoms with Gasteiger partial charge in [0.15, 0.2) is 11.5 Å². The molecule has 7 nitrogen and oxygen atoms in total. The molecule has 0 aromatic carbocycles. The number of ether oxygens (including phenoxy) is 1. The molecule has 1 fully saturated rings. The van der Waals surface area contributed by atoms with Crippen LogP contribution in [-0.2, 0) is 11.2 Å². The van der Waals surface area contributed by atoms with Crippen molar-refractivity contribution in [3.63, 3.8) is 0 Å². The minimum Gasteiger partial charge on any atom is -0.459 e. The topological polar surface area (TPSA) is 84.0 Å². The number of carbonyl (C=O) groups is 1. The van der Waals surface area contributed by atoms with E-state index in [1.807, 2.05) is 26.0 Å². The molecule has 1 saturated heterocycles. The molecule has 2 aromatic rings. The van der Waals surface area contributed by atoms with Crippen molar-refractivity contribution in [3.8, 4) is 0 Å². The molecule has 1 atom stereocenters. The lowest BCUT2D eigenvalue weighted by atomic mass is 10.2. The summed E-state index contributed by atoms with van der Waals surface area (Å²) in [6.07, 6.45) is 2.84. The number of aromatic amines is 1. The SMILES string of the molecule is CCc1cc(C(=O)OCC2CCCN2c2ccc(C)nn2)n[nH]1. The number of aryl methyl sites for hydroxylation is 2. The average molecular weight is 315 g/mol. The van der Waals surface area contributed by atoms with E-state index in [4.69, 9.17) is 4.74 Å². The summed E-state index contributed by atoms with van der Waals surface area (Å²) < 4.78 is 5.43. The number of rotatable bonds is 5. The highest BCUT2D eigenvalue weighted by atomic mass is 16.5. The summed E-state index contributed by atoms with van der Waals surface area (Å²) in [7, 11) is 0. The molecule has 7 heteroatoms. The predicted molar refractivity (Wildman–Crippen MR) is 85.4 cm³/mol. The molecule has 1 aliphatic rings. The van der Waals surface area contributed by atoms with Crippen molar-refractivity contribution in [2.75, 3.05) is 18.1 Å². The van der Waals surface area contributed by atoms with Crippen molar-refractivity contribution in [1.29, 1.82) is 0 Å². The average Bonchev–Trinajstić information content (AvgIpc) is 3.22. The molecule has 0 radical (unpaired) electrons. The highest BCUT2D eigenvalue weighted by molar-refractivity contribution is 5.87. The lowest BCUT2D eigenvalue weighted by Gasteiger charge is -2.24. The second-order valence-corrected chi connectivity index (χ2v) is 5.75. The molecule has 2 aromatic heterocycles. The number of aromatic nitrogens is 4. The van der Waals surface area contributed by atoms with E-state index in [0.717, 1.165) is 43.0 Å². The zero-order valence-corrected chi connectivity index (χ0v) is 13.5. The van der Waals surface area contributed by atoms with Gasteiger partial charge in [-0.1, -0.05) is 6.92 Å². The molecule has 1 aliphatic heterocycles. The van der Waals surface area contributed by atoms with Crippen LogP contribution in [0.3, 0.4) is 0 Å². The second-order valence-electron chi connectivity index (χ2n) is 5.75. The van der Waals surface area contributed by atoms with Gasteiger partial charge in [-0.25, -0.2) is 4.79 Å². The Hall–Kier alpha value is -2.44. The van der Waals surface area contributed by atoms with Crippen molar-refractivity contribution in [3.05, 3.63) is 35.3 Å². The Morgan fingerprint density at radius 3 is 3.00 bits per heavy atom. The lowest BCUT2D eigenvalue weighted by molar-refractivity contribution is 0.0475.